The second-order valence-electron chi connectivity index (χ2n) is 5.87. The molecule has 0 saturated carbocycles. The number of rotatable bonds is 7. The van der Waals surface area contributed by atoms with Crippen molar-refractivity contribution in [2.75, 3.05) is 27.9 Å². The Morgan fingerprint density at radius 2 is 1.82 bits per heavy atom. The number of carbonyl (C=O) groups excluding carboxylic acids is 3. The van der Waals surface area contributed by atoms with E-state index in [-0.39, 0.29) is 6.54 Å². The van der Waals surface area contributed by atoms with Gasteiger partial charge in [0.1, 0.15) is 18.9 Å². The molecule has 12 nitrogen and oxygen atoms in total. The number of hydrazone groups is 1. The van der Waals surface area contributed by atoms with E-state index in [0.29, 0.717) is 22.8 Å². The van der Waals surface area contributed by atoms with Gasteiger partial charge < -0.3 is 30.2 Å². The van der Waals surface area contributed by atoms with Crippen LogP contribution in [0.15, 0.2) is 17.2 Å². The van der Waals surface area contributed by atoms with Crippen LogP contribution in [0.3, 0.4) is 0 Å². The molecule has 0 aromatic heterocycles. The van der Waals surface area contributed by atoms with Crippen LogP contribution in [-0.4, -0.2) is 69.3 Å². The molecule has 2 atom stereocenters. The lowest BCUT2D eigenvalue weighted by Crippen LogP contribution is -2.47. The maximum absolute atomic E-state index is 12.1. The van der Waals surface area contributed by atoms with Crippen LogP contribution in [0.2, 0.25) is 0 Å². The van der Waals surface area contributed by atoms with E-state index >= 15 is 0 Å². The van der Waals surface area contributed by atoms with Crippen molar-refractivity contribution in [3.8, 4) is 17.2 Å². The fourth-order valence-corrected chi connectivity index (χ4v) is 2.91. The molecule has 1 aromatic carbocycles. The highest BCUT2D eigenvalue weighted by atomic mass is 16.5. The molecule has 0 aliphatic carbocycles. The smallest absolute Gasteiger partial charge is 0.321 e. The maximum Gasteiger partial charge on any atom is 0.321 e. The molecule has 0 radical (unpaired) electrons. The molecule has 0 bridgehead atoms. The average Bonchev–Trinajstić information content (AvgIpc) is 3.16. The Morgan fingerprint density at radius 3 is 2.43 bits per heavy atom. The van der Waals surface area contributed by atoms with Crippen molar-refractivity contribution in [2.45, 2.75) is 12.3 Å². The van der Waals surface area contributed by atoms with Gasteiger partial charge in [0.15, 0.2) is 11.5 Å². The zero-order chi connectivity index (χ0) is 20.3. The van der Waals surface area contributed by atoms with Crippen LogP contribution >= 0.6 is 0 Å². The first-order valence-electron chi connectivity index (χ1n) is 8.23. The molecule has 5 amide bonds. The van der Waals surface area contributed by atoms with Gasteiger partial charge in [0, 0.05) is 5.56 Å². The van der Waals surface area contributed by atoms with Gasteiger partial charge in [-0.25, -0.2) is 15.0 Å². The minimum atomic E-state index is -0.634. The van der Waals surface area contributed by atoms with Gasteiger partial charge in [0.25, 0.3) is 5.91 Å². The summed E-state index contributed by atoms with van der Waals surface area (Å²) in [5.41, 5.74) is 2.93. The molecule has 28 heavy (non-hydrogen) atoms. The molecular weight excluding hydrogens is 372 g/mol. The molecule has 2 unspecified atom stereocenters. The van der Waals surface area contributed by atoms with E-state index < -0.39 is 30.3 Å². The topological polar surface area (TPSA) is 143 Å². The van der Waals surface area contributed by atoms with Crippen LogP contribution in [-0.2, 0) is 4.79 Å². The van der Waals surface area contributed by atoms with Crippen LogP contribution in [0.1, 0.15) is 5.56 Å². The zero-order valence-corrected chi connectivity index (χ0v) is 15.4. The zero-order valence-electron chi connectivity index (χ0n) is 15.4. The summed E-state index contributed by atoms with van der Waals surface area (Å²) < 4.78 is 15.7. The van der Waals surface area contributed by atoms with E-state index in [1.165, 1.54) is 32.4 Å². The fourth-order valence-electron chi connectivity index (χ4n) is 2.91. The molecule has 4 N–H and O–H groups in total. The SMILES string of the molecule is COc1cc(C=NNC(=O)CN2C(=O)NC3NC(=O)NC32)cc(OC)c1OC. The minimum absolute atomic E-state index is 0.276. The molecule has 0 spiro atoms. The largest absolute Gasteiger partial charge is 0.493 e. The van der Waals surface area contributed by atoms with E-state index in [9.17, 15) is 14.4 Å². The number of carbonyl (C=O) groups is 3. The predicted octanol–water partition coefficient (Wildman–Crippen LogP) is -0.847. The fraction of sp³-hybridized carbons (Fsp3) is 0.375. The van der Waals surface area contributed by atoms with Crippen molar-refractivity contribution in [2.24, 2.45) is 5.10 Å². The Kier molecular flexibility index (Phi) is 5.38. The highest BCUT2D eigenvalue weighted by Gasteiger charge is 2.45. The van der Waals surface area contributed by atoms with Crippen LogP contribution in [0.5, 0.6) is 17.2 Å². The number of benzene rings is 1. The summed E-state index contributed by atoms with van der Waals surface area (Å²) in [6, 6.07) is 2.44. The van der Waals surface area contributed by atoms with Gasteiger partial charge in [0.2, 0.25) is 5.75 Å². The molecule has 2 aliphatic rings. The first-order valence-corrected chi connectivity index (χ1v) is 8.23. The van der Waals surface area contributed by atoms with Gasteiger partial charge in [-0.1, -0.05) is 0 Å². The quantitative estimate of drug-likeness (QED) is 0.352. The second-order valence-corrected chi connectivity index (χ2v) is 5.87. The summed E-state index contributed by atoms with van der Waals surface area (Å²) in [4.78, 5) is 36.5. The Morgan fingerprint density at radius 1 is 1.14 bits per heavy atom. The molecule has 12 heteroatoms. The van der Waals surface area contributed by atoms with Gasteiger partial charge in [0.05, 0.1) is 27.5 Å². The van der Waals surface area contributed by atoms with Crippen molar-refractivity contribution in [1.29, 1.82) is 0 Å². The van der Waals surface area contributed by atoms with Gasteiger partial charge in [-0.15, -0.1) is 0 Å². The van der Waals surface area contributed by atoms with E-state index in [2.05, 4.69) is 26.5 Å². The van der Waals surface area contributed by atoms with Crippen molar-refractivity contribution in [3.05, 3.63) is 17.7 Å². The number of hydrogen-bond donors (Lipinski definition) is 4. The molecule has 3 rings (SSSR count). The summed E-state index contributed by atoms with van der Waals surface area (Å²) in [5, 5.41) is 11.5. The molecule has 2 fully saturated rings. The predicted molar refractivity (Wildman–Crippen MR) is 96.3 cm³/mol. The Balaban J connectivity index is 1.62. The monoisotopic (exact) mass is 392 g/mol. The Hall–Kier alpha value is -3.70. The van der Waals surface area contributed by atoms with Gasteiger partial charge in [-0.2, -0.15) is 5.10 Å². The van der Waals surface area contributed by atoms with E-state index in [0.717, 1.165) is 0 Å². The third-order valence-electron chi connectivity index (χ3n) is 4.16. The molecule has 2 heterocycles. The van der Waals surface area contributed by atoms with Crippen LogP contribution in [0.4, 0.5) is 9.59 Å². The van der Waals surface area contributed by atoms with Gasteiger partial charge in [-0.05, 0) is 12.1 Å². The molecule has 1 aromatic rings. The lowest BCUT2D eigenvalue weighted by atomic mass is 10.2. The first kappa shape index (κ1) is 19.1. The highest BCUT2D eigenvalue weighted by molar-refractivity contribution is 5.89. The molecule has 150 valence electrons. The first-order chi connectivity index (χ1) is 13.5. The lowest BCUT2D eigenvalue weighted by molar-refractivity contribution is -0.121. The van der Waals surface area contributed by atoms with Crippen molar-refractivity contribution in [1.82, 2.24) is 26.3 Å². The Labute approximate surface area is 160 Å². The number of nitrogens with zero attached hydrogens (tertiary/aromatic N) is 2. The van der Waals surface area contributed by atoms with Crippen molar-refractivity contribution >= 4 is 24.2 Å². The summed E-state index contributed by atoms with van der Waals surface area (Å²) >= 11 is 0. The highest BCUT2D eigenvalue weighted by Crippen LogP contribution is 2.37. The normalized spacial score (nSPS) is 20.3. The number of nitrogens with one attached hydrogen (secondary N) is 4. The summed E-state index contributed by atoms with van der Waals surface area (Å²) in [6.07, 6.45) is 0.189. The third-order valence-corrected chi connectivity index (χ3v) is 4.16. The standard InChI is InChI=1S/C16H20N6O6/c1-26-9-4-8(5-10(27-2)12(9)28-3)6-17-21-11(23)7-22-14-13(19-16(22)25)18-15(24)20-14/h4-6,13-14H,7H2,1-3H3,(H,19,25)(H,21,23)(H2,18,20,24). The lowest BCUT2D eigenvalue weighted by Gasteiger charge is -2.19. The third kappa shape index (κ3) is 3.70. The minimum Gasteiger partial charge on any atom is -0.493 e. The van der Waals surface area contributed by atoms with E-state index in [1.54, 1.807) is 12.1 Å². The molecular formula is C16H20N6O6. The molecule has 2 aliphatic heterocycles. The number of methoxy groups -OCH3 is 3. The summed E-state index contributed by atoms with van der Waals surface area (Å²) in [6.45, 7) is -0.276. The number of ether oxygens (including phenoxy) is 3. The van der Waals surface area contributed by atoms with E-state index in [1.807, 2.05) is 0 Å². The number of urea groups is 2. The van der Waals surface area contributed by atoms with Gasteiger partial charge >= 0.3 is 12.1 Å². The van der Waals surface area contributed by atoms with Crippen LogP contribution < -0.4 is 35.6 Å². The van der Waals surface area contributed by atoms with E-state index in [4.69, 9.17) is 14.2 Å². The Bertz CT molecular complexity index is 803. The second kappa shape index (κ2) is 7.90. The summed E-state index contributed by atoms with van der Waals surface area (Å²) in [5.74, 6) is 0.798. The van der Waals surface area contributed by atoms with Crippen molar-refractivity contribution < 1.29 is 28.6 Å². The van der Waals surface area contributed by atoms with Gasteiger partial charge in [-0.3, -0.25) is 9.69 Å². The maximum atomic E-state index is 12.1. The van der Waals surface area contributed by atoms with Crippen LogP contribution in [0, 0.1) is 0 Å². The van der Waals surface area contributed by atoms with Crippen molar-refractivity contribution in [3.63, 3.8) is 0 Å². The number of fused-ring (bicyclic) bond motifs is 1. The van der Waals surface area contributed by atoms with Crippen LogP contribution in [0.25, 0.3) is 0 Å². The number of hydrogen-bond acceptors (Lipinski definition) is 7. The summed E-state index contributed by atoms with van der Waals surface area (Å²) in [7, 11) is 4.48. The molecule has 2 saturated heterocycles. The number of amides is 5. The average molecular weight is 392 g/mol.